The molecule has 2 unspecified atom stereocenters. The molecular formula is C6H12O4S. The van der Waals surface area contributed by atoms with Crippen LogP contribution in [0.3, 0.4) is 0 Å². The predicted octanol–water partition coefficient (Wildman–Crippen LogP) is -1.09. The third-order valence-corrected chi connectivity index (χ3v) is 4.98. The second-order valence-electron chi connectivity index (χ2n) is 2.98. The molecule has 1 heterocycles. The van der Waals surface area contributed by atoms with Gasteiger partial charge in [0, 0.05) is 0 Å². The molecule has 0 spiro atoms. The molecule has 0 bridgehead atoms. The maximum absolute atomic E-state index is 11.2. The Kier molecular flexibility index (Phi) is 1.98. The molecule has 1 aliphatic heterocycles. The lowest BCUT2D eigenvalue weighted by atomic mass is 10.1. The Hall–Kier alpha value is -0.130. The van der Waals surface area contributed by atoms with E-state index in [1.54, 1.807) is 0 Å². The molecular weight excluding hydrogens is 168 g/mol. The highest BCUT2D eigenvalue weighted by Gasteiger charge is 2.48. The van der Waals surface area contributed by atoms with Crippen LogP contribution in [0.15, 0.2) is 0 Å². The number of rotatable bonds is 0. The summed E-state index contributed by atoms with van der Waals surface area (Å²) in [6.07, 6.45) is -2.26. The van der Waals surface area contributed by atoms with Crippen molar-refractivity contribution in [2.75, 3.05) is 0 Å². The average molecular weight is 180 g/mol. The summed E-state index contributed by atoms with van der Waals surface area (Å²) in [5, 5.41) is 16.6. The van der Waals surface area contributed by atoms with Gasteiger partial charge in [0.2, 0.25) is 0 Å². The van der Waals surface area contributed by atoms with Gasteiger partial charge in [-0.2, -0.15) is 0 Å². The van der Waals surface area contributed by atoms with Crippen LogP contribution in [0, 0.1) is 0 Å². The minimum Gasteiger partial charge on any atom is -0.389 e. The van der Waals surface area contributed by atoms with Crippen molar-refractivity contribution in [1.82, 2.24) is 0 Å². The van der Waals surface area contributed by atoms with E-state index in [4.69, 9.17) is 10.2 Å². The highest BCUT2D eigenvalue weighted by Crippen LogP contribution is 2.27. The number of sulfone groups is 1. The Morgan fingerprint density at radius 2 is 1.27 bits per heavy atom. The SMILES string of the molecule is CC1C(O)[C@@H](O)[C@@H](C)S1(=O)=O. The third kappa shape index (κ3) is 1.07. The standard InChI is InChI=1S/C6H12O4S/c1-3-5(7)6(8)4(2)11(3,9)10/h3-8H,1-2H3/t3-,4?,5+,6?/m1/s1. The quantitative estimate of drug-likeness (QED) is 0.497. The summed E-state index contributed by atoms with van der Waals surface area (Å²) >= 11 is 0. The van der Waals surface area contributed by atoms with E-state index in [-0.39, 0.29) is 0 Å². The van der Waals surface area contributed by atoms with Crippen LogP contribution in [0.4, 0.5) is 0 Å². The van der Waals surface area contributed by atoms with Gasteiger partial charge in [0.25, 0.3) is 0 Å². The lowest BCUT2D eigenvalue weighted by Crippen LogP contribution is -2.30. The molecule has 0 amide bonds. The zero-order valence-corrected chi connectivity index (χ0v) is 7.25. The topological polar surface area (TPSA) is 74.6 Å². The van der Waals surface area contributed by atoms with Crippen LogP contribution in [0.1, 0.15) is 13.8 Å². The van der Waals surface area contributed by atoms with Crippen molar-refractivity contribution < 1.29 is 18.6 Å². The minimum atomic E-state index is -3.30. The fourth-order valence-corrected chi connectivity index (χ4v) is 3.06. The Bertz CT molecular complexity index is 225. The average Bonchev–Trinajstić information content (AvgIpc) is 2.06. The first kappa shape index (κ1) is 8.96. The van der Waals surface area contributed by atoms with E-state index in [9.17, 15) is 8.42 Å². The van der Waals surface area contributed by atoms with Crippen LogP contribution in [-0.2, 0) is 9.84 Å². The van der Waals surface area contributed by atoms with E-state index in [0.717, 1.165) is 0 Å². The molecule has 5 heteroatoms. The third-order valence-electron chi connectivity index (χ3n) is 2.35. The minimum absolute atomic E-state index is 0.840. The first-order valence-electron chi connectivity index (χ1n) is 3.48. The molecule has 11 heavy (non-hydrogen) atoms. The summed E-state index contributed by atoms with van der Waals surface area (Å²) in [6.45, 7) is 2.82. The lowest BCUT2D eigenvalue weighted by molar-refractivity contribution is 0.0327. The van der Waals surface area contributed by atoms with Gasteiger partial charge < -0.3 is 10.2 Å². The smallest absolute Gasteiger partial charge is 0.160 e. The molecule has 0 aromatic heterocycles. The maximum Gasteiger partial charge on any atom is 0.160 e. The largest absolute Gasteiger partial charge is 0.389 e. The van der Waals surface area contributed by atoms with Crippen LogP contribution in [0.5, 0.6) is 0 Å². The van der Waals surface area contributed by atoms with Crippen LogP contribution in [0.2, 0.25) is 0 Å². The fraction of sp³-hybridized carbons (Fsp3) is 1.00. The normalized spacial score (nSPS) is 49.5. The summed E-state index contributed by atoms with van der Waals surface area (Å²) in [5.74, 6) is 0. The highest BCUT2D eigenvalue weighted by molar-refractivity contribution is 7.93. The number of hydrogen-bond donors (Lipinski definition) is 2. The molecule has 4 nitrogen and oxygen atoms in total. The lowest BCUT2D eigenvalue weighted by Gasteiger charge is -2.08. The van der Waals surface area contributed by atoms with E-state index in [0.29, 0.717) is 0 Å². The Balaban J connectivity index is 3.06. The van der Waals surface area contributed by atoms with Gasteiger partial charge in [-0.3, -0.25) is 0 Å². The number of hydrogen-bond acceptors (Lipinski definition) is 4. The molecule has 0 aromatic rings. The van der Waals surface area contributed by atoms with Crippen LogP contribution >= 0.6 is 0 Å². The van der Waals surface area contributed by atoms with Crippen LogP contribution in [0.25, 0.3) is 0 Å². The zero-order chi connectivity index (χ0) is 8.81. The van der Waals surface area contributed by atoms with Gasteiger partial charge in [-0.05, 0) is 13.8 Å². The van der Waals surface area contributed by atoms with Gasteiger partial charge >= 0.3 is 0 Å². The molecule has 1 rings (SSSR count). The Morgan fingerprint density at radius 3 is 1.36 bits per heavy atom. The van der Waals surface area contributed by atoms with Crippen molar-refractivity contribution >= 4 is 9.84 Å². The Morgan fingerprint density at radius 1 is 1.00 bits per heavy atom. The number of aliphatic hydroxyl groups is 2. The summed E-state index contributed by atoms with van der Waals surface area (Å²) in [4.78, 5) is 0. The van der Waals surface area contributed by atoms with E-state index in [2.05, 4.69) is 0 Å². The molecule has 0 radical (unpaired) electrons. The maximum atomic E-state index is 11.2. The van der Waals surface area contributed by atoms with E-state index >= 15 is 0 Å². The van der Waals surface area contributed by atoms with E-state index in [1.807, 2.05) is 0 Å². The summed E-state index contributed by atoms with van der Waals surface area (Å²) in [5.41, 5.74) is 0. The van der Waals surface area contributed by atoms with E-state index in [1.165, 1.54) is 13.8 Å². The molecule has 0 aliphatic carbocycles. The van der Waals surface area contributed by atoms with Gasteiger partial charge in [0.15, 0.2) is 9.84 Å². The van der Waals surface area contributed by atoms with Gasteiger partial charge in [0.05, 0.1) is 22.7 Å². The first-order valence-corrected chi connectivity index (χ1v) is 5.09. The number of aliphatic hydroxyl groups excluding tert-OH is 2. The summed E-state index contributed by atoms with van der Waals surface area (Å²) in [7, 11) is -3.30. The van der Waals surface area contributed by atoms with Gasteiger partial charge in [-0.1, -0.05) is 0 Å². The molecule has 0 aromatic carbocycles. The molecule has 66 valence electrons. The molecule has 0 saturated carbocycles. The van der Waals surface area contributed by atoms with Crippen molar-refractivity contribution in [3.8, 4) is 0 Å². The van der Waals surface area contributed by atoms with Crippen molar-refractivity contribution in [2.24, 2.45) is 0 Å². The van der Waals surface area contributed by atoms with Crippen molar-refractivity contribution in [1.29, 1.82) is 0 Å². The molecule has 1 aliphatic rings. The van der Waals surface area contributed by atoms with Crippen LogP contribution < -0.4 is 0 Å². The highest BCUT2D eigenvalue weighted by atomic mass is 32.2. The fourth-order valence-electron chi connectivity index (χ4n) is 1.28. The molecule has 4 atom stereocenters. The Labute approximate surface area is 65.8 Å². The molecule has 2 N–H and O–H groups in total. The molecule has 1 fully saturated rings. The van der Waals surface area contributed by atoms with Crippen LogP contribution in [-0.4, -0.2) is 41.3 Å². The second-order valence-corrected chi connectivity index (χ2v) is 5.65. The summed E-state index contributed by atoms with van der Waals surface area (Å²) < 4.78 is 22.4. The molecule has 1 saturated heterocycles. The van der Waals surface area contributed by atoms with Crippen molar-refractivity contribution in [2.45, 2.75) is 36.6 Å². The zero-order valence-electron chi connectivity index (χ0n) is 6.43. The predicted molar refractivity (Wildman–Crippen MR) is 39.9 cm³/mol. The van der Waals surface area contributed by atoms with Gasteiger partial charge in [0.1, 0.15) is 0 Å². The first-order chi connectivity index (χ1) is 4.89. The van der Waals surface area contributed by atoms with E-state index < -0.39 is 32.5 Å². The monoisotopic (exact) mass is 180 g/mol. The van der Waals surface area contributed by atoms with Gasteiger partial charge in [-0.25, -0.2) is 8.42 Å². The second kappa shape index (κ2) is 2.43. The van der Waals surface area contributed by atoms with Gasteiger partial charge in [-0.15, -0.1) is 0 Å². The summed E-state index contributed by atoms with van der Waals surface area (Å²) in [6, 6.07) is 0. The van der Waals surface area contributed by atoms with Crippen molar-refractivity contribution in [3.63, 3.8) is 0 Å². The van der Waals surface area contributed by atoms with Crippen molar-refractivity contribution in [3.05, 3.63) is 0 Å².